The summed E-state index contributed by atoms with van der Waals surface area (Å²) in [6.45, 7) is 5.45. The van der Waals surface area contributed by atoms with E-state index in [9.17, 15) is 4.79 Å². The van der Waals surface area contributed by atoms with Crippen molar-refractivity contribution in [2.45, 2.75) is 26.8 Å². The van der Waals surface area contributed by atoms with Crippen LogP contribution in [0.3, 0.4) is 0 Å². The van der Waals surface area contributed by atoms with Crippen molar-refractivity contribution in [3.05, 3.63) is 48.0 Å². The van der Waals surface area contributed by atoms with Gasteiger partial charge in [0, 0.05) is 13.1 Å². The predicted octanol–water partition coefficient (Wildman–Crippen LogP) is 3.00. The second kappa shape index (κ2) is 6.83. The van der Waals surface area contributed by atoms with E-state index in [1.165, 1.54) is 5.56 Å². The van der Waals surface area contributed by atoms with Gasteiger partial charge in [0.05, 0.1) is 0 Å². The van der Waals surface area contributed by atoms with Crippen molar-refractivity contribution >= 4 is 5.91 Å². The van der Waals surface area contributed by atoms with Gasteiger partial charge in [0.1, 0.15) is 0 Å². The molecule has 1 aromatic carbocycles. The Morgan fingerprint density at radius 2 is 2.00 bits per heavy atom. The monoisotopic (exact) mass is 217 g/mol. The summed E-state index contributed by atoms with van der Waals surface area (Å²) in [4.78, 5) is 13.6. The van der Waals surface area contributed by atoms with E-state index in [2.05, 4.69) is 6.92 Å². The van der Waals surface area contributed by atoms with Crippen molar-refractivity contribution in [3.63, 3.8) is 0 Å². The lowest BCUT2D eigenvalue weighted by Gasteiger charge is -2.20. The molecular weight excluding hydrogens is 198 g/mol. The average Bonchev–Trinajstić information content (AvgIpc) is 2.30. The fourth-order valence-corrected chi connectivity index (χ4v) is 1.59. The van der Waals surface area contributed by atoms with Gasteiger partial charge in [0.25, 0.3) is 0 Å². The topological polar surface area (TPSA) is 20.3 Å². The molecule has 0 heterocycles. The highest BCUT2D eigenvalue weighted by Crippen LogP contribution is 2.05. The zero-order valence-corrected chi connectivity index (χ0v) is 10.0. The molecule has 0 spiro atoms. The molecule has 0 saturated heterocycles. The SMILES string of the molecule is CC=CC(=O)N(CCC)Cc1ccccc1. The molecule has 0 aliphatic carbocycles. The van der Waals surface area contributed by atoms with E-state index in [4.69, 9.17) is 0 Å². The second-order valence-electron chi connectivity index (χ2n) is 3.75. The van der Waals surface area contributed by atoms with Crippen LogP contribution >= 0.6 is 0 Å². The highest BCUT2D eigenvalue weighted by Gasteiger charge is 2.09. The van der Waals surface area contributed by atoms with E-state index in [-0.39, 0.29) is 5.91 Å². The predicted molar refractivity (Wildman–Crippen MR) is 67.0 cm³/mol. The minimum absolute atomic E-state index is 0.0909. The first kappa shape index (κ1) is 12.5. The maximum atomic E-state index is 11.8. The molecule has 16 heavy (non-hydrogen) atoms. The fraction of sp³-hybridized carbons (Fsp3) is 0.357. The van der Waals surface area contributed by atoms with Crippen LogP contribution in [0.25, 0.3) is 0 Å². The van der Waals surface area contributed by atoms with Crippen molar-refractivity contribution in [3.8, 4) is 0 Å². The van der Waals surface area contributed by atoms with Gasteiger partial charge in [-0.2, -0.15) is 0 Å². The van der Waals surface area contributed by atoms with Crippen molar-refractivity contribution in [2.75, 3.05) is 6.54 Å². The van der Waals surface area contributed by atoms with Gasteiger partial charge in [-0.15, -0.1) is 0 Å². The Balaban J connectivity index is 2.68. The van der Waals surface area contributed by atoms with Gasteiger partial charge in [-0.25, -0.2) is 0 Å². The van der Waals surface area contributed by atoms with Gasteiger partial charge in [0.15, 0.2) is 0 Å². The molecule has 0 aromatic heterocycles. The molecule has 0 N–H and O–H groups in total. The van der Waals surface area contributed by atoms with Gasteiger partial charge < -0.3 is 4.90 Å². The molecule has 1 amide bonds. The molecule has 1 aromatic rings. The molecule has 2 nitrogen and oxygen atoms in total. The number of hydrogen-bond acceptors (Lipinski definition) is 1. The Hall–Kier alpha value is -1.57. The smallest absolute Gasteiger partial charge is 0.246 e. The lowest BCUT2D eigenvalue weighted by atomic mass is 10.2. The Labute approximate surface area is 97.6 Å². The molecule has 0 bridgehead atoms. The van der Waals surface area contributed by atoms with Crippen molar-refractivity contribution < 1.29 is 4.79 Å². The third kappa shape index (κ3) is 3.89. The average molecular weight is 217 g/mol. The van der Waals surface area contributed by atoms with Crippen LogP contribution in [-0.2, 0) is 11.3 Å². The maximum absolute atomic E-state index is 11.8. The molecule has 0 radical (unpaired) electrons. The number of carbonyl (C=O) groups is 1. The Morgan fingerprint density at radius 1 is 1.31 bits per heavy atom. The van der Waals surface area contributed by atoms with Crippen LogP contribution in [0.4, 0.5) is 0 Å². The van der Waals surface area contributed by atoms with Crippen molar-refractivity contribution in [1.82, 2.24) is 4.90 Å². The summed E-state index contributed by atoms with van der Waals surface area (Å²) in [5, 5.41) is 0. The Bertz CT molecular complexity index is 343. The first-order chi connectivity index (χ1) is 7.77. The Kier molecular flexibility index (Phi) is 5.34. The molecular formula is C14H19NO. The number of hydrogen-bond donors (Lipinski definition) is 0. The van der Waals surface area contributed by atoms with Gasteiger partial charge in [-0.3, -0.25) is 4.79 Å². The summed E-state index contributed by atoms with van der Waals surface area (Å²) < 4.78 is 0. The molecule has 86 valence electrons. The molecule has 0 aliphatic heterocycles. The molecule has 0 aliphatic rings. The maximum Gasteiger partial charge on any atom is 0.246 e. The number of nitrogens with zero attached hydrogens (tertiary/aromatic N) is 1. The molecule has 0 unspecified atom stereocenters. The highest BCUT2D eigenvalue weighted by atomic mass is 16.2. The molecule has 0 saturated carbocycles. The summed E-state index contributed by atoms with van der Waals surface area (Å²) >= 11 is 0. The summed E-state index contributed by atoms with van der Waals surface area (Å²) in [6, 6.07) is 10.1. The van der Waals surface area contributed by atoms with Crippen LogP contribution in [0.2, 0.25) is 0 Å². The van der Waals surface area contributed by atoms with Crippen LogP contribution < -0.4 is 0 Å². The second-order valence-corrected chi connectivity index (χ2v) is 3.75. The number of benzene rings is 1. The number of carbonyl (C=O) groups excluding carboxylic acids is 1. The summed E-state index contributed by atoms with van der Waals surface area (Å²) in [7, 11) is 0. The number of allylic oxidation sites excluding steroid dienone is 1. The summed E-state index contributed by atoms with van der Waals surface area (Å²) in [6.07, 6.45) is 4.39. The van der Waals surface area contributed by atoms with E-state index in [0.29, 0.717) is 6.54 Å². The van der Waals surface area contributed by atoms with Gasteiger partial charge in [-0.05, 0) is 25.0 Å². The first-order valence-corrected chi connectivity index (χ1v) is 5.73. The lowest BCUT2D eigenvalue weighted by molar-refractivity contribution is -0.126. The quantitative estimate of drug-likeness (QED) is 0.694. The number of rotatable bonds is 5. The zero-order chi connectivity index (χ0) is 11.8. The van der Waals surface area contributed by atoms with Gasteiger partial charge >= 0.3 is 0 Å². The lowest BCUT2D eigenvalue weighted by Crippen LogP contribution is -2.29. The van der Waals surface area contributed by atoms with E-state index in [1.807, 2.05) is 42.2 Å². The van der Waals surface area contributed by atoms with Crippen LogP contribution in [-0.4, -0.2) is 17.4 Å². The van der Waals surface area contributed by atoms with Crippen LogP contribution in [0.1, 0.15) is 25.8 Å². The molecule has 0 atom stereocenters. The number of amides is 1. The van der Waals surface area contributed by atoms with Crippen LogP contribution in [0.5, 0.6) is 0 Å². The molecule has 1 rings (SSSR count). The minimum atomic E-state index is 0.0909. The van der Waals surface area contributed by atoms with Gasteiger partial charge in [-0.1, -0.05) is 43.3 Å². The standard InChI is InChI=1S/C14H19NO/c1-3-8-14(16)15(11-4-2)12-13-9-6-5-7-10-13/h3,5-10H,4,11-12H2,1-2H3. The minimum Gasteiger partial charge on any atom is -0.335 e. The first-order valence-electron chi connectivity index (χ1n) is 5.73. The van der Waals surface area contributed by atoms with Crippen LogP contribution in [0.15, 0.2) is 42.5 Å². The summed E-state index contributed by atoms with van der Waals surface area (Å²) in [5.74, 6) is 0.0909. The van der Waals surface area contributed by atoms with E-state index in [0.717, 1.165) is 13.0 Å². The van der Waals surface area contributed by atoms with E-state index >= 15 is 0 Å². The van der Waals surface area contributed by atoms with E-state index < -0.39 is 0 Å². The third-order valence-electron chi connectivity index (χ3n) is 2.33. The van der Waals surface area contributed by atoms with Crippen LogP contribution in [0, 0.1) is 0 Å². The highest BCUT2D eigenvalue weighted by molar-refractivity contribution is 5.87. The Morgan fingerprint density at radius 3 is 2.56 bits per heavy atom. The fourth-order valence-electron chi connectivity index (χ4n) is 1.59. The largest absolute Gasteiger partial charge is 0.335 e. The van der Waals surface area contributed by atoms with Gasteiger partial charge in [0.2, 0.25) is 5.91 Å². The van der Waals surface area contributed by atoms with Crippen molar-refractivity contribution in [2.24, 2.45) is 0 Å². The third-order valence-corrected chi connectivity index (χ3v) is 2.33. The summed E-state index contributed by atoms with van der Waals surface area (Å²) in [5.41, 5.74) is 1.17. The zero-order valence-electron chi connectivity index (χ0n) is 10.0. The normalized spacial score (nSPS) is 10.6. The molecule has 0 fully saturated rings. The van der Waals surface area contributed by atoms with E-state index in [1.54, 1.807) is 12.2 Å². The molecule has 2 heteroatoms. The van der Waals surface area contributed by atoms with Crippen molar-refractivity contribution in [1.29, 1.82) is 0 Å².